The van der Waals surface area contributed by atoms with Crippen LogP contribution in [-0.2, 0) is 11.2 Å². The Balaban J connectivity index is 1.73. The summed E-state index contributed by atoms with van der Waals surface area (Å²) < 4.78 is 0. The Labute approximate surface area is 162 Å². The van der Waals surface area contributed by atoms with Gasteiger partial charge in [0.05, 0.1) is 23.7 Å². The Morgan fingerprint density at radius 3 is 2.37 bits per heavy atom. The highest BCUT2D eigenvalue weighted by molar-refractivity contribution is 7.10. The smallest absolute Gasteiger partial charge is 0.230 e. The van der Waals surface area contributed by atoms with Crippen LogP contribution in [0, 0.1) is 0 Å². The molecule has 1 N–H and O–H groups in total. The molecule has 4 rings (SSSR count). The van der Waals surface area contributed by atoms with Gasteiger partial charge in [0.25, 0.3) is 0 Å². The number of nitrogens with zero attached hydrogens (tertiary/aromatic N) is 2. The molecule has 4 nitrogen and oxygen atoms in total. The topological polar surface area (TPSA) is 53.8 Å². The van der Waals surface area contributed by atoms with Crippen LogP contribution < -0.4 is 5.32 Å². The molecule has 27 heavy (non-hydrogen) atoms. The zero-order valence-electron chi connectivity index (χ0n) is 14.9. The lowest BCUT2D eigenvalue weighted by Crippen LogP contribution is -2.37. The Kier molecular flexibility index (Phi) is 4.94. The zero-order chi connectivity index (χ0) is 18.6. The van der Waals surface area contributed by atoms with Crippen molar-refractivity contribution < 1.29 is 4.79 Å². The number of aliphatic imine (C=N–C) groups is 2. The normalized spacial score (nSPS) is 16.0. The average molecular weight is 373 g/mol. The highest BCUT2D eigenvalue weighted by Crippen LogP contribution is 2.34. The van der Waals surface area contributed by atoms with E-state index >= 15 is 0 Å². The van der Waals surface area contributed by atoms with Crippen molar-refractivity contribution in [2.24, 2.45) is 9.98 Å². The third-order valence-electron chi connectivity index (χ3n) is 4.43. The molecule has 0 unspecified atom stereocenters. The first kappa shape index (κ1) is 17.4. The minimum absolute atomic E-state index is 0.0655. The average Bonchev–Trinajstić information content (AvgIpc) is 3.12. The van der Waals surface area contributed by atoms with Crippen molar-refractivity contribution in [3.05, 3.63) is 82.6 Å². The maximum Gasteiger partial charge on any atom is 0.230 e. The summed E-state index contributed by atoms with van der Waals surface area (Å²) in [5.74, 6) is 0.365. The van der Waals surface area contributed by atoms with E-state index < -0.39 is 0 Å². The van der Waals surface area contributed by atoms with Crippen molar-refractivity contribution in [1.82, 2.24) is 5.32 Å². The quantitative estimate of drug-likeness (QED) is 0.688. The number of carbonyl (C=O) groups is 1. The summed E-state index contributed by atoms with van der Waals surface area (Å²) in [6.45, 7) is 1.99. The minimum Gasteiger partial charge on any atom is -0.313 e. The van der Waals surface area contributed by atoms with Crippen molar-refractivity contribution in [3.8, 4) is 0 Å². The molecule has 2 aromatic carbocycles. The SMILES string of the molecule is CC1=Nc2ccccc2N=C(NC(=O)Cc2cccs2)[C@H]1c1ccccc1. The monoisotopic (exact) mass is 373 g/mol. The number of amidine groups is 1. The van der Waals surface area contributed by atoms with Gasteiger partial charge in [-0.05, 0) is 36.1 Å². The molecule has 0 fully saturated rings. The molecule has 2 heterocycles. The second-order valence-electron chi connectivity index (χ2n) is 6.39. The van der Waals surface area contributed by atoms with Crippen LogP contribution >= 0.6 is 11.3 Å². The molecule has 0 spiro atoms. The molecule has 0 aliphatic carbocycles. The summed E-state index contributed by atoms with van der Waals surface area (Å²) in [6, 6.07) is 21.7. The number of nitrogens with one attached hydrogen (secondary N) is 1. The summed E-state index contributed by atoms with van der Waals surface area (Å²) in [6.07, 6.45) is 0.343. The van der Waals surface area contributed by atoms with Crippen LogP contribution in [-0.4, -0.2) is 17.5 Å². The Bertz CT molecular complexity index is 1010. The fraction of sp³-hybridized carbons (Fsp3) is 0.136. The van der Waals surface area contributed by atoms with Gasteiger partial charge in [0.2, 0.25) is 5.91 Å². The number of amides is 1. The van der Waals surface area contributed by atoms with Crippen molar-refractivity contribution in [2.75, 3.05) is 0 Å². The molecular formula is C22H19N3OS. The zero-order valence-corrected chi connectivity index (χ0v) is 15.7. The van der Waals surface area contributed by atoms with Crippen molar-refractivity contribution in [1.29, 1.82) is 0 Å². The molecule has 1 aromatic heterocycles. The van der Waals surface area contributed by atoms with Gasteiger partial charge in [-0.25, -0.2) is 4.99 Å². The lowest BCUT2D eigenvalue weighted by Gasteiger charge is -2.19. The molecule has 1 aliphatic rings. The molecule has 1 amide bonds. The Morgan fingerprint density at radius 2 is 1.67 bits per heavy atom. The van der Waals surface area contributed by atoms with Crippen molar-refractivity contribution in [3.63, 3.8) is 0 Å². The molecule has 1 aliphatic heterocycles. The van der Waals surface area contributed by atoms with Gasteiger partial charge in [0.15, 0.2) is 0 Å². The summed E-state index contributed by atoms with van der Waals surface area (Å²) in [7, 11) is 0. The van der Waals surface area contributed by atoms with E-state index in [1.807, 2.05) is 79.0 Å². The summed E-state index contributed by atoms with van der Waals surface area (Å²) in [5.41, 5.74) is 3.54. The van der Waals surface area contributed by atoms with Crippen LogP contribution in [0.4, 0.5) is 11.4 Å². The van der Waals surface area contributed by atoms with E-state index in [0.717, 1.165) is 27.5 Å². The van der Waals surface area contributed by atoms with Gasteiger partial charge in [-0.3, -0.25) is 9.79 Å². The Hall–Kier alpha value is -3.05. The lowest BCUT2D eigenvalue weighted by molar-refractivity contribution is -0.119. The van der Waals surface area contributed by atoms with Gasteiger partial charge in [-0.15, -0.1) is 11.3 Å². The third-order valence-corrected chi connectivity index (χ3v) is 5.30. The molecule has 1 atom stereocenters. The summed E-state index contributed by atoms with van der Waals surface area (Å²) in [5, 5.41) is 5.03. The van der Waals surface area contributed by atoms with Crippen LogP contribution in [0.5, 0.6) is 0 Å². The number of hydrogen-bond donors (Lipinski definition) is 1. The number of benzene rings is 2. The standard InChI is InChI=1S/C22H19N3OS/c1-15-21(16-8-3-2-4-9-16)22(24-19-12-6-5-11-18(19)23-15)25-20(26)14-17-10-7-13-27-17/h2-13,21H,14H2,1H3,(H,24,25,26)/t21-/m1/s1. The summed E-state index contributed by atoms with van der Waals surface area (Å²) in [4.78, 5) is 23.3. The van der Waals surface area contributed by atoms with Gasteiger partial charge in [0, 0.05) is 10.6 Å². The van der Waals surface area contributed by atoms with Gasteiger partial charge in [-0.2, -0.15) is 0 Å². The largest absolute Gasteiger partial charge is 0.313 e. The maximum atomic E-state index is 12.7. The van der Waals surface area contributed by atoms with E-state index in [1.165, 1.54) is 0 Å². The highest BCUT2D eigenvalue weighted by atomic mass is 32.1. The van der Waals surface area contributed by atoms with E-state index in [4.69, 9.17) is 9.98 Å². The Morgan fingerprint density at radius 1 is 0.963 bits per heavy atom. The molecule has 3 aromatic rings. The predicted octanol–water partition coefficient (Wildman–Crippen LogP) is 5.03. The van der Waals surface area contributed by atoms with E-state index in [-0.39, 0.29) is 11.8 Å². The van der Waals surface area contributed by atoms with Crippen molar-refractivity contribution >= 4 is 40.2 Å². The second-order valence-corrected chi connectivity index (χ2v) is 7.42. The van der Waals surface area contributed by atoms with E-state index in [0.29, 0.717) is 12.3 Å². The fourth-order valence-corrected chi connectivity index (χ4v) is 3.91. The molecule has 5 heteroatoms. The molecule has 0 radical (unpaired) electrons. The molecule has 134 valence electrons. The maximum absolute atomic E-state index is 12.7. The first-order chi connectivity index (χ1) is 13.2. The predicted molar refractivity (Wildman–Crippen MR) is 112 cm³/mol. The number of hydrogen-bond acceptors (Lipinski definition) is 4. The summed E-state index contributed by atoms with van der Waals surface area (Å²) >= 11 is 1.58. The fourth-order valence-electron chi connectivity index (χ4n) is 3.20. The van der Waals surface area contributed by atoms with E-state index in [1.54, 1.807) is 11.3 Å². The first-order valence-electron chi connectivity index (χ1n) is 8.80. The van der Waals surface area contributed by atoms with Crippen LogP contribution in [0.25, 0.3) is 0 Å². The number of rotatable bonds is 3. The third kappa shape index (κ3) is 3.88. The number of thiophene rings is 1. The van der Waals surface area contributed by atoms with Gasteiger partial charge < -0.3 is 5.32 Å². The van der Waals surface area contributed by atoms with Crippen LogP contribution in [0.1, 0.15) is 23.3 Å². The van der Waals surface area contributed by atoms with Gasteiger partial charge in [-0.1, -0.05) is 48.5 Å². The molecular weight excluding hydrogens is 354 g/mol. The van der Waals surface area contributed by atoms with Gasteiger partial charge >= 0.3 is 0 Å². The molecule has 0 bridgehead atoms. The molecule has 0 saturated heterocycles. The van der Waals surface area contributed by atoms with Crippen molar-refractivity contribution in [2.45, 2.75) is 19.3 Å². The second kappa shape index (κ2) is 7.68. The van der Waals surface area contributed by atoms with Crippen LogP contribution in [0.3, 0.4) is 0 Å². The van der Waals surface area contributed by atoms with E-state index in [2.05, 4.69) is 5.32 Å². The molecule has 0 saturated carbocycles. The number of fused-ring (bicyclic) bond motifs is 1. The van der Waals surface area contributed by atoms with Gasteiger partial charge in [0.1, 0.15) is 5.84 Å². The minimum atomic E-state index is -0.189. The number of carbonyl (C=O) groups excluding carboxylic acids is 1. The van der Waals surface area contributed by atoms with E-state index in [9.17, 15) is 4.79 Å². The highest BCUT2D eigenvalue weighted by Gasteiger charge is 2.26. The lowest BCUT2D eigenvalue weighted by atomic mass is 9.93. The number of para-hydroxylation sites is 2. The van der Waals surface area contributed by atoms with Crippen LogP contribution in [0.2, 0.25) is 0 Å². The van der Waals surface area contributed by atoms with Crippen LogP contribution in [0.15, 0.2) is 82.1 Å². The first-order valence-corrected chi connectivity index (χ1v) is 9.68.